The molecule has 1 aromatic carbocycles. The normalized spacial score (nSPS) is 10.7. The minimum absolute atomic E-state index is 0.152. The minimum Gasteiger partial charge on any atom is -0.427 e. The van der Waals surface area contributed by atoms with Gasteiger partial charge in [0.15, 0.2) is 0 Å². The summed E-state index contributed by atoms with van der Waals surface area (Å²) in [5.74, 6) is 0.431. The first-order valence-electron chi connectivity index (χ1n) is 10.3. The predicted molar refractivity (Wildman–Crippen MR) is 110 cm³/mol. The van der Waals surface area contributed by atoms with Crippen LogP contribution in [0.4, 0.5) is 0 Å². The van der Waals surface area contributed by atoms with Gasteiger partial charge in [-0.1, -0.05) is 58.3 Å². The van der Waals surface area contributed by atoms with Gasteiger partial charge in [-0.2, -0.15) is 0 Å². The highest BCUT2D eigenvalue weighted by atomic mass is 16.5. The summed E-state index contributed by atoms with van der Waals surface area (Å²) in [4.78, 5) is 20.6. The number of aryl methyl sites for hydroxylation is 1. The van der Waals surface area contributed by atoms with Crippen molar-refractivity contribution in [3.05, 3.63) is 42.4 Å². The number of carbonyl (C=O) groups is 1. The van der Waals surface area contributed by atoms with Crippen LogP contribution in [-0.2, 0) is 4.79 Å². The number of ether oxygens (including phenoxy) is 1. The molecule has 0 spiro atoms. The number of carbonyl (C=O) groups excluding carboxylic acids is 1. The van der Waals surface area contributed by atoms with E-state index in [9.17, 15) is 4.79 Å². The van der Waals surface area contributed by atoms with Crippen LogP contribution in [0.5, 0.6) is 5.75 Å². The van der Waals surface area contributed by atoms with Crippen LogP contribution >= 0.6 is 0 Å². The van der Waals surface area contributed by atoms with Crippen molar-refractivity contribution < 1.29 is 9.53 Å². The largest absolute Gasteiger partial charge is 0.427 e. The summed E-state index contributed by atoms with van der Waals surface area (Å²) in [6.07, 6.45) is 15.2. The highest BCUT2D eigenvalue weighted by molar-refractivity contribution is 5.72. The molecule has 146 valence electrons. The maximum atomic E-state index is 12.0. The van der Waals surface area contributed by atoms with E-state index in [4.69, 9.17) is 4.74 Å². The van der Waals surface area contributed by atoms with E-state index in [0.29, 0.717) is 12.2 Å². The molecule has 2 aromatic rings. The molecular formula is C23H32N2O2. The average Bonchev–Trinajstić information content (AvgIpc) is 2.68. The number of nitrogens with zero attached hydrogens (tertiary/aromatic N) is 2. The molecule has 27 heavy (non-hydrogen) atoms. The molecule has 0 aliphatic rings. The Labute approximate surface area is 163 Å². The van der Waals surface area contributed by atoms with E-state index < -0.39 is 0 Å². The molecule has 1 aromatic heterocycles. The molecule has 0 amide bonds. The van der Waals surface area contributed by atoms with Crippen molar-refractivity contribution in [1.29, 1.82) is 0 Å². The van der Waals surface area contributed by atoms with Gasteiger partial charge in [-0.15, -0.1) is 0 Å². The molecule has 0 radical (unpaired) electrons. The van der Waals surface area contributed by atoms with Crippen molar-refractivity contribution in [2.24, 2.45) is 0 Å². The smallest absolute Gasteiger partial charge is 0.311 e. The van der Waals surface area contributed by atoms with Crippen LogP contribution in [0, 0.1) is 6.92 Å². The van der Waals surface area contributed by atoms with E-state index in [1.807, 2.05) is 31.2 Å². The second-order valence-corrected chi connectivity index (χ2v) is 7.12. The molecule has 0 saturated heterocycles. The molecule has 1 heterocycles. The van der Waals surface area contributed by atoms with E-state index in [0.717, 1.165) is 29.8 Å². The third-order valence-electron chi connectivity index (χ3n) is 4.65. The lowest BCUT2D eigenvalue weighted by atomic mass is 10.1. The molecule has 0 unspecified atom stereocenters. The third kappa shape index (κ3) is 8.33. The predicted octanol–water partition coefficient (Wildman–Crippen LogP) is 6.28. The molecule has 0 aliphatic heterocycles. The Morgan fingerprint density at radius 2 is 1.48 bits per heavy atom. The Morgan fingerprint density at radius 1 is 0.852 bits per heavy atom. The quantitative estimate of drug-likeness (QED) is 0.251. The van der Waals surface area contributed by atoms with Crippen molar-refractivity contribution in [3.8, 4) is 17.0 Å². The van der Waals surface area contributed by atoms with Gasteiger partial charge in [0.25, 0.3) is 0 Å². The van der Waals surface area contributed by atoms with Crippen molar-refractivity contribution in [3.63, 3.8) is 0 Å². The van der Waals surface area contributed by atoms with Crippen LogP contribution in [0.2, 0.25) is 0 Å². The first-order valence-corrected chi connectivity index (χ1v) is 10.3. The fourth-order valence-corrected chi connectivity index (χ4v) is 3.00. The molecule has 4 heteroatoms. The van der Waals surface area contributed by atoms with Gasteiger partial charge in [0.05, 0.1) is 17.6 Å². The first-order chi connectivity index (χ1) is 13.2. The van der Waals surface area contributed by atoms with E-state index in [1.165, 1.54) is 44.9 Å². The molecule has 0 saturated carbocycles. The Balaban J connectivity index is 1.62. The summed E-state index contributed by atoms with van der Waals surface area (Å²) < 4.78 is 5.42. The zero-order valence-corrected chi connectivity index (χ0v) is 16.7. The topological polar surface area (TPSA) is 52.1 Å². The highest BCUT2D eigenvalue weighted by Gasteiger charge is 2.06. The van der Waals surface area contributed by atoms with Gasteiger partial charge in [0.2, 0.25) is 0 Å². The molecule has 0 aliphatic carbocycles. The summed E-state index contributed by atoms with van der Waals surface area (Å²) in [6.45, 7) is 4.15. The third-order valence-corrected chi connectivity index (χ3v) is 4.65. The van der Waals surface area contributed by atoms with E-state index >= 15 is 0 Å². The van der Waals surface area contributed by atoms with Gasteiger partial charge in [-0.3, -0.25) is 14.8 Å². The van der Waals surface area contributed by atoms with Crippen molar-refractivity contribution >= 4 is 5.97 Å². The zero-order chi connectivity index (χ0) is 19.3. The van der Waals surface area contributed by atoms with Crippen LogP contribution < -0.4 is 4.74 Å². The van der Waals surface area contributed by atoms with Crippen molar-refractivity contribution in [2.75, 3.05) is 0 Å². The highest BCUT2D eigenvalue weighted by Crippen LogP contribution is 2.20. The van der Waals surface area contributed by atoms with Gasteiger partial charge in [0.1, 0.15) is 5.75 Å². The van der Waals surface area contributed by atoms with Gasteiger partial charge >= 0.3 is 5.97 Å². The Morgan fingerprint density at radius 3 is 2.07 bits per heavy atom. The number of benzene rings is 1. The number of hydrogen-bond acceptors (Lipinski definition) is 4. The molecular weight excluding hydrogens is 336 g/mol. The van der Waals surface area contributed by atoms with Crippen molar-refractivity contribution in [2.45, 2.75) is 78.1 Å². The summed E-state index contributed by atoms with van der Waals surface area (Å²) in [5.41, 5.74) is 2.66. The standard InChI is InChI=1S/C23H32N2O2/c1-3-4-5-6-7-8-9-10-11-12-23(26)27-21-15-13-20(14-16-21)22-18-24-19(2)17-25-22/h13-18H,3-12H2,1-2H3. The van der Waals surface area contributed by atoms with Crippen LogP contribution in [0.25, 0.3) is 11.3 Å². The molecule has 0 fully saturated rings. The lowest BCUT2D eigenvalue weighted by Crippen LogP contribution is -2.07. The SMILES string of the molecule is CCCCCCCCCCCC(=O)Oc1ccc(-c2cnc(C)cn2)cc1. The monoisotopic (exact) mass is 368 g/mol. The molecule has 0 N–H and O–H groups in total. The average molecular weight is 369 g/mol. The number of unbranched alkanes of at least 4 members (excludes halogenated alkanes) is 8. The second kappa shape index (κ2) is 12.2. The Hall–Kier alpha value is -2.23. The minimum atomic E-state index is -0.152. The fourth-order valence-electron chi connectivity index (χ4n) is 3.00. The summed E-state index contributed by atoms with van der Waals surface area (Å²) in [5, 5.41) is 0. The van der Waals surface area contributed by atoms with Gasteiger partial charge in [-0.05, 0) is 37.6 Å². The van der Waals surface area contributed by atoms with E-state index in [-0.39, 0.29) is 5.97 Å². The van der Waals surface area contributed by atoms with E-state index in [1.54, 1.807) is 12.4 Å². The molecule has 2 rings (SSSR count). The zero-order valence-electron chi connectivity index (χ0n) is 16.7. The summed E-state index contributed by atoms with van der Waals surface area (Å²) in [7, 11) is 0. The second-order valence-electron chi connectivity index (χ2n) is 7.12. The van der Waals surface area contributed by atoms with Crippen LogP contribution in [-0.4, -0.2) is 15.9 Å². The summed E-state index contributed by atoms with van der Waals surface area (Å²) in [6, 6.07) is 7.43. The lowest BCUT2D eigenvalue weighted by Gasteiger charge is -2.06. The fraction of sp³-hybridized carbons (Fsp3) is 0.522. The molecule has 0 bridgehead atoms. The van der Waals surface area contributed by atoms with Crippen LogP contribution in [0.3, 0.4) is 0 Å². The van der Waals surface area contributed by atoms with Gasteiger partial charge in [-0.25, -0.2) is 0 Å². The number of aromatic nitrogens is 2. The maximum absolute atomic E-state index is 12.0. The molecule has 0 atom stereocenters. The Kier molecular flexibility index (Phi) is 9.53. The molecule has 4 nitrogen and oxygen atoms in total. The number of rotatable bonds is 12. The summed E-state index contributed by atoms with van der Waals surface area (Å²) >= 11 is 0. The number of hydrogen-bond donors (Lipinski definition) is 0. The van der Waals surface area contributed by atoms with E-state index in [2.05, 4.69) is 16.9 Å². The lowest BCUT2D eigenvalue weighted by molar-refractivity contribution is -0.134. The van der Waals surface area contributed by atoms with Crippen LogP contribution in [0.1, 0.15) is 76.8 Å². The van der Waals surface area contributed by atoms with Gasteiger partial charge < -0.3 is 4.74 Å². The first kappa shape index (κ1) is 21.1. The number of esters is 1. The van der Waals surface area contributed by atoms with Crippen LogP contribution in [0.15, 0.2) is 36.7 Å². The Bertz CT molecular complexity index is 666. The van der Waals surface area contributed by atoms with Crippen molar-refractivity contribution in [1.82, 2.24) is 9.97 Å². The maximum Gasteiger partial charge on any atom is 0.311 e. The van der Waals surface area contributed by atoms with Gasteiger partial charge in [0, 0.05) is 18.2 Å².